The van der Waals surface area contributed by atoms with Crippen molar-refractivity contribution in [3.8, 4) is 0 Å². The van der Waals surface area contributed by atoms with Crippen LogP contribution in [0.2, 0.25) is 0 Å². The number of hydrogen-bond acceptors (Lipinski definition) is 9. The Kier molecular flexibility index (Phi) is 5.31. The SMILES string of the molecule is CNC1N(C)C(=O)c2ncn([C@@H]3O[C@H](COP(=O)(O)O)[C@@H](O)[C@H]3O)c2N1C. The number of phosphoric acid groups is 1. The standard InChI is InChI=1S/C13H22N5O8P/c1-14-13-16(2)10-7(11(21)17(13)3)15-5-18(10)12-9(20)8(19)6(26-12)4-25-27(22,23)24/h5-6,8-9,12-14,19-20H,4H2,1-3H3,(H2,22,23,24)/t6-,8-,9-,12-,13?/m1/s1. The highest BCUT2D eigenvalue weighted by molar-refractivity contribution is 7.46. The molecule has 1 saturated heterocycles. The first-order valence-corrected chi connectivity index (χ1v) is 9.55. The molecule has 1 fully saturated rings. The lowest BCUT2D eigenvalue weighted by Crippen LogP contribution is -2.59. The fraction of sp³-hybridized carbons (Fsp3) is 0.692. The largest absolute Gasteiger partial charge is 0.469 e. The lowest BCUT2D eigenvalue weighted by atomic mass is 10.1. The second-order valence-corrected chi connectivity index (χ2v) is 7.59. The molecule has 152 valence electrons. The third-order valence-corrected chi connectivity index (χ3v) is 5.12. The van der Waals surface area contributed by atoms with Crippen LogP contribution >= 0.6 is 7.82 Å². The molecule has 0 aliphatic carbocycles. The number of carbonyl (C=O) groups excluding carboxylic acids is 1. The topological polar surface area (TPSA) is 170 Å². The predicted octanol–water partition coefficient (Wildman–Crippen LogP) is -2.36. The predicted molar refractivity (Wildman–Crippen MR) is 89.5 cm³/mol. The minimum Gasteiger partial charge on any atom is -0.387 e. The summed E-state index contributed by atoms with van der Waals surface area (Å²) in [5.74, 6) is 0.0286. The first-order valence-electron chi connectivity index (χ1n) is 8.02. The Morgan fingerprint density at radius 3 is 2.56 bits per heavy atom. The molecule has 2 aliphatic rings. The van der Waals surface area contributed by atoms with E-state index in [4.69, 9.17) is 14.5 Å². The molecule has 5 N–H and O–H groups in total. The molecule has 2 aliphatic heterocycles. The Morgan fingerprint density at radius 1 is 1.30 bits per heavy atom. The zero-order chi connectivity index (χ0) is 20.1. The number of nitrogens with one attached hydrogen (secondary N) is 1. The van der Waals surface area contributed by atoms with E-state index in [2.05, 4.69) is 14.8 Å². The molecule has 27 heavy (non-hydrogen) atoms. The number of imidazole rings is 1. The molecule has 0 spiro atoms. The van der Waals surface area contributed by atoms with Crippen LogP contribution in [0.15, 0.2) is 6.33 Å². The summed E-state index contributed by atoms with van der Waals surface area (Å²) in [6, 6.07) is 0. The highest BCUT2D eigenvalue weighted by atomic mass is 31.2. The maximum atomic E-state index is 12.5. The third kappa shape index (κ3) is 3.48. The molecule has 0 saturated carbocycles. The second-order valence-electron chi connectivity index (χ2n) is 6.35. The summed E-state index contributed by atoms with van der Waals surface area (Å²) in [7, 11) is 0.247. The van der Waals surface area contributed by atoms with Gasteiger partial charge in [-0.3, -0.25) is 19.2 Å². The van der Waals surface area contributed by atoms with E-state index in [1.807, 2.05) is 0 Å². The Balaban J connectivity index is 1.89. The minimum atomic E-state index is -4.76. The van der Waals surface area contributed by atoms with E-state index < -0.39 is 45.3 Å². The maximum Gasteiger partial charge on any atom is 0.469 e. The highest BCUT2D eigenvalue weighted by Gasteiger charge is 2.47. The van der Waals surface area contributed by atoms with Gasteiger partial charge in [0, 0.05) is 14.1 Å². The molecular formula is C13H22N5O8P. The Labute approximate surface area is 154 Å². The van der Waals surface area contributed by atoms with Crippen molar-refractivity contribution in [1.82, 2.24) is 19.8 Å². The lowest BCUT2D eigenvalue weighted by Gasteiger charge is -2.40. The lowest BCUT2D eigenvalue weighted by molar-refractivity contribution is -0.0517. The van der Waals surface area contributed by atoms with Gasteiger partial charge in [-0.2, -0.15) is 0 Å². The Bertz CT molecular complexity index is 768. The number of anilines is 1. The quantitative estimate of drug-likeness (QED) is 0.331. The van der Waals surface area contributed by atoms with Crippen LogP contribution < -0.4 is 10.2 Å². The van der Waals surface area contributed by atoms with Crippen molar-refractivity contribution in [3.05, 3.63) is 12.0 Å². The third-order valence-electron chi connectivity index (χ3n) is 4.63. The second kappa shape index (κ2) is 7.11. The maximum absolute atomic E-state index is 12.5. The first-order chi connectivity index (χ1) is 12.6. The molecule has 1 unspecified atom stereocenters. The van der Waals surface area contributed by atoms with Crippen molar-refractivity contribution in [2.75, 3.05) is 32.6 Å². The van der Waals surface area contributed by atoms with Crippen LogP contribution in [-0.2, 0) is 13.8 Å². The van der Waals surface area contributed by atoms with E-state index in [1.165, 1.54) is 15.8 Å². The van der Waals surface area contributed by atoms with E-state index >= 15 is 0 Å². The summed E-state index contributed by atoms with van der Waals surface area (Å²) in [6.45, 7) is -0.619. The molecule has 13 nitrogen and oxygen atoms in total. The normalized spacial score (nSPS) is 31.5. The molecule has 5 atom stereocenters. The number of amides is 1. The van der Waals surface area contributed by atoms with Gasteiger partial charge in [-0.1, -0.05) is 0 Å². The number of ether oxygens (including phenoxy) is 1. The fourth-order valence-corrected chi connectivity index (χ4v) is 3.69. The van der Waals surface area contributed by atoms with Crippen LogP contribution in [0.25, 0.3) is 0 Å². The summed E-state index contributed by atoms with van der Waals surface area (Å²) in [4.78, 5) is 37.4. The Morgan fingerprint density at radius 2 is 1.96 bits per heavy atom. The van der Waals surface area contributed by atoms with Crippen LogP contribution in [-0.4, -0.2) is 92.7 Å². The fourth-order valence-electron chi connectivity index (χ4n) is 3.35. The van der Waals surface area contributed by atoms with Gasteiger partial charge in [0.2, 0.25) is 0 Å². The molecule has 0 radical (unpaired) electrons. The van der Waals surface area contributed by atoms with Gasteiger partial charge in [0.1, 0.15) is 24.1 Å². The van der Waals surface area contributed by atoms with Gasteiger partial charge >= 0.3 is 7.82 Å². The molecule has 0 bridgehead atoms. The van der Waals surface area contributed by atoms with E-state index in [0.29, 0.717) is 5.82 Å². The number of carbonyl (C=O) groups is 1. The Hall–Kier alpha value is -1.57. The van der Waals surface area contributed by atoms with Gasteiger partial charge in [-0.25, -0.2) is 9.55 Å². The number of aliphatic hydroxyl groups excluding tert-OH is 2. The van der Waals surface area contributed by atoms with Crippen LogP contribution in [0.4, 0.5) is 5.82 Å². The van der Waals surface area contributed by atoms with Crippen molar-refractivity contribution in [2.45, 2.75) is 30.8 Å². The van der Waals surface area contributed by atoms with Crippen LogP contribution in [0.1, 0.15) is 16.7 Å². The van der Waals surface area contributed by atoms with E-state index in [1.54, 1.807) is 26.0 Å². The summed E-state index contributed by atoms with van der Waals surface area (Å²) in [6.07, 6.45) is -4.35. The van der Waals surface area contributed by atoms with Crippen molar-refractivity contribution in [3.63, 3.8) is 0 Å². The molecule has 1 aromatic rings. The highest BCUT2D eigenvalue weighted by Crippen LogP contribution is 2.40. The van der Waals surface area contributed by atoms with Crippen LogP contribution in [0, 0.1) is 0 Å². The van der Waals surface area contributed by atoms with Crippen LogP contribution in [0.5, 0.6) is 0 Å². The summed E-state index contributed by atoms with van der Waals surface area (Å²) in [5, 5.41) is 23.5. The van der Waals surface area contributed by atoms with E-state index in [9.17, 15) is 19.6 Å². The van der Waals surface area contributed by atoms with Crippen molar-refractivity contribution >= 4 is 19.5 Å². The van der Waals surface area contributed by atoms with Crippen molar-refractivity contribution in [2.24, 2.45) is 0 Å². The molecule has 3 rings (SSSR count). The minimum absolute atomic E-state index is 0.145. The summed E-state index contributed by atoms with van der Waals surface area (Å²) < 4.78 is 22.2. The van der Waals surface area contributed by atoms with Gasteiger partial charge < -0.3 is 34.5 Å². The number of aromatic nitrogens is 2. The molecule has 1 aromatic heterocycles. The van der Waals surface area contributed by atoms with Gasteiger partial charge in [0.05, 0.1) is 12.9 Å². The van der Waals surface area contributed by atoms with Gasteiger partial charge in [-0.05, 0) is 7.05 Å². The van der Waals surface area contributed by atoms with Crippen molar-refractivity contribution < 1.29 is 38.6 Å². The van der Waals surface area contributed by atoms with Gasteiger partial charge in [0.25, 0.3) is 5.91 Å². The molecular weight excluding hydrogens is 385 g/mol. The van der Waals surface area contributed by atoms with Crippen molar-refractivity contribution in [1.29, 1.82) is 0 Å². The molecule has 3 heterocycles. The number of aliphatic hydroxyl groups is 2. The average molecular weight is 407 g/mol. The number of hydrogen-bond donors (Lipinski definition) is 5. The van der Waals surface area contributed by atoms with Gasteiger partial charge in [0.15, 0.2) is 18.2 Å². The number of nitrogens with zero attached hydrogens (tertiary/aromatic N) is 4. The van der Waals surface area contributed by atoms with E-state index in [0.717, 1.165) is 0 Å². The molecule has 14 heteroatoms. The molecule has 1 amide bonds. The average Bonchev–Trinajstić information content (AvgIpc) is 3.14. The number of rotatable bonds is 5. The number of fused-ring (bicyclic) bond motifs is 1. The number of phosphoric ester groups is 1. The summed E-state index contributed by atoms with van der Waals surface area (Å²) >= 11 is 0. The first kappa shape index (κ1) is 20.2. The van der Waals surface area contributed by atoms with Gasteiger partial charge in [-0.15, -0.1) is 0 Å². The van der Waals surface area contributed by atoms with Crippen LogP contribution in [0.3, 0.4) is 0 Å². The van der Waals surface area contributed by atoms with E-state index in [-0.39, 0.29) is 11.6 Å². The monoisotopic (exact) mass is 407 g/mol. The summed E-state index contributed by atoms with van der Waals surface area (Å²) in [5.41, 5.74) is 0.145. The smallest absolute Gasteiger partial charge is 0.387 e. The molecule has 0 aromatic carbocycles. The zero-order valence-corrected chi connectivity index (χ0v) is 15.7. The zero-order valence-electron chi connectivity index (χ0n) is 14.8.